The van der Waals surface area contributed by atoms with Gasteiger partial charge in [0.25, 0.3) is 0 Å². The van der Waals surface area contributed by atoms with Gasteiger partial charge in [-0.3, -0.25) is 4.79 Å². The maximum absolute atomic E-state index is 12.8. The molecule has 130 valence electrons. The van der Waals surface area contributed by atoms with Gasteiger partial charge in [0.15, 0.2) is 0 Å². The number of benzene rings is 2. The molecule has 1 N–H and O–H groups in total. The van der Waals surface area contributed by atoms with Crippen molar-refractivity contribution in [3.05, 3.63) is 70.3 Å². The van der Waals surface area contributed by atoms with Crippen molar-refractivity contribution in [2.24, 2.45) is 0 Å². The highest BCUT2D eigenvalue weighted by Crippen LogP contribution is 2.25. The Morgan fingerprint density at radius 3 is 2.24 bits per heavy atom. The second kappa shape index (κ2) is 7.53. The molecule has 0 heterocycles. The molecule has 0 spiro atoms. The summed E-state index contributed by atoms with van der Waals surface area (Å²) in [6.45, 7) is 5.13. The third kappa shape index (κ3) is 4.94. The molecule has 0 atom stereocenters. The van der Waals surface area contributed by atoms with Gasteiger partial charge in [-0.05, 0) is 50.6 Å². The normalized spacial score (nSPS) is 11.9. The van der Waals surface area contributed by atoms with E-state index in [1.54, 1.807) is 57.2 Å². The number of ether oxygens (including phenoxy) is 1. The highest BCUT2D eigenvalue weighted by Gasteiger charge is 2.27. The minimum absolute atomic E-state index is 0.0201. The van der Waals surface area contributed by atoms with E-state index in [9.17, 15) is 14.7 Å². The molecule has 0 saturated heterocycles. The number of rotatable bonds is 4. The number of halogens is 1. The van der Waals surface area contributed by atoms with Gasteiger partial charge in [0, 0.05) is 5.02 Å². The van der Waals surface area contributed by atoms with Crippen LogP contribution < -0.4 is 0 Å². The van der Waals surface area contributed by atoms with Crippen LogP contribution in [0.15, 0.2) is 54.1 Å². The van der Waals surface area contributed by atoms with Crippen LogP contribution in [0.4, 0.5) is 0 Å². The lowest BCUT2D eigenvalue weighted by Gasteiger charge is -2.20. The van der Waals surface area contributed by atoms with E-state index in [-0.39, 0.29) is 16.9 Å². The van der Waals surface area contributed by atoms with Gasteiger partial charge in [0.05, 0.1) is 5.56 Å². The Labute approximate surface area is 151 Å². The second-order valence-corrected chi connectivity index (χ2v) is 6.83. The molecule has 0 aliphatic rings. The van der Waals surface area contributed by atoms with Crippen LogP contribution in [0.2, 0.25) is 5.02 Å². The SMILES string of the molecule is CC(C)(C)OC(=O)/C(=C/c1ccccc1Cl)C(=O)c1ccccc1O. The molecule has 2 aromatic rings. The highest BCUT2D eigenvalue weighted by molar-refractivity contribution is 6.33. The number of para-hydroxylation sites is 1. The van der Waals surface area contributed by atoms with Gasteiger partial charge in [0.1, 0.15) is 16.9 Å². The Kier molecular flexibility index (Phi) is 5.65. The molecule has 0 fully saturated rings. The van der Waals surface area contributed by atoms with Crippen LogP contribution in [0.5, 0.6) is 5.75 Å². The van der Waals surface area contributed by atoms with E-state index < -0.39 is 17.4 Å². The van der Waals surface area contributed by atoms with Gasteiger partial charge in [-0.15, -0.1) is 0 Å². The first-order valence-corrected chi connectivity index (χ1v) is 8.09. The summed E-state index contributed by atoms with van der Waals surface area (Å²) in [6.07, 6.45) is 1.38. The topological polar surface area (TPSA) is 63.6 Å². The number of hydrogen-bond acceptors (Lipinski definition) is 4. The van der Waals surface area contributed by atoms with E-state index in [0.29, 0.717) is 10.6 Å². The molecule has 2 rings (SSSR count). The lowest BCUT2D eigenvalue weighted by Crippen LogP contribution is -2.27. The molecular weight excluding hydrogens is 340 g/mol. The summed E-state index contributed by atoms with van der Waals surface area (Å²) in [5.41, 5.74) is -0.444. The van der Waals surface area contributed by atoms with E-state index in [4.69, 9.17) is 16.3 Å². The van der Waals surface area contributed by atoms with Crippen molar-refractivity contribution in [1.29, 1.82) is 0 Å². The number of hydrogen-bond donors (Lipinski definition) is 1. The number of carbonyl (C=O) groups is 2. The van der Waals surface area contributed by atoms with Crippen LogP contribution in [0.25, 0.3) is 6.08 Å². The number of carbonyl (C=O) groups excluding carboxylic acids is 2. The molecule has 0 unspecified atom stereocenters. The number of esters is 1. The van der Waals surface area contributed by atoms with Gasteiger partial charge >= 0.3 is 5.97 Å². The Morgan fingerprint density at radius 2 is 1.64 bits per heavy atom. The second-order valence-electron chi connectivity index (χ2n) is 6.43. The lowest BCUT2D eigenvalue weighted by molar-refractivity contribution is -0.149. The van der Waals surface area contributed by atoms with E-state index >= 15 is 0 Å². The van der Waals surface area contributed by atoms with Gasteiger partial charge in [-0.2, -0.15) is 0 Å². The molecule has 0 aliphatic heterocycles. The third-order valence-electron chi connectivity index (χ3n) is 3.22. The van der Waals surface area contributed by atoms with Gasteiger partial charge in [0.2, 0.25) is 5.78 Å². The number of ketones is 1. The average molecular weight is 359 g/mol. The van der Waals surface area contributed by atoms with Crippen molar-refractivity contribution < 1.29 is 19.4 Å². The smallest absolute Gasteiger partial charge is 0.342 e. The van der Waals surface area contributed by atoms with E-state index in [0.717, 1.165) is 0 Å². The molecule has 2 aromatic carbocycles. The minimum Gasteiger partial charge on any atom is -0.507 e. The molecule has 0 aliphatic carbocycles. The fraction of sp³-hybridized carbons (Fsp3) is 0.200. The minimum atomic E-state index is -0.777. The first-order chi connectivity index (χ1) is 11.7. The molecule has 0 bridgehead atoms. The Balaban J connectivity index is 2.53. The number of phenols is 1. The van der Waals surface area contributed by atoms with Crippen LogP contribution in [0.1, 0.15) is 36.7 Å². The van der Waals surface area contributed by atoms with Crippen LogP contribution >= 0.6 is 11.6 Å². The van der Waals surface area contributed by atoms with Gasteiger partial charge < -0.3 is 9.84 Å². The van der Waals surface area contributed by atoms with Crippen molar-refractivity contribution in [1.82, 2.24) is 0 Å². The van der Waals surface area contributed by atoms with Gasteiger partial charge in [-0.1, -0.05) is 41.9 Å². The van der Waals surface area contributed by atoms with Crippen LogP contribution in [0.3, 0.4) is 0 Å². The molecule has 0 radical (unpaired) electrons. The summed E-state index contributed by atoms with van der Waals surface area (Å²) in [6, 6.07) is 12.9. The Hall–Kier alpha value is -2.59. The van der Waals surface area contributed by atoms with Crippen molar-refractivity contribution in [2.75, 3.05) is 0 Å². The first-order valence-electron chi connectivity index (χ1n) is 7.71. The largest absolute Gasteiger partial charge is 0.507 e. The van der Waals surface area contributed by atoms with Crippen LogP contribution in [0, 0.1) is 0 Å². The maximum atomic E-state index is 12.8. The number of phenolic OH excluding ortho intramolecular Hbond substituents is 1. The van der Waals surface area contributed by atoms with E-state index in [2.05, 4.69) is 0 Å². The standard InChI is InChI=1S/C20H19ClO4/c1-20(2,3)25-19(24)15(12-13-8-4-6-10-16(13)21)18(23)14-9-5-7-11-17(14)22/h4-12,22H,1-3H3/b15-12+. The average Bonchev–Trinajstić information content (AvgIpc) is 2.52. The van der Waals surface area contributed by atoms with E-state index in [1.807, 2.05) is 0 Å². The predicted octanol–water partition coefficient (Wildman–Crippen LogP) is 4.65. The van der Waals surface area contributed by atoms with Crippen LogP contribution in [-0.2, 0) is 9.53 Å². The van der Waals surface area contributed by atoms with Crippen LogP contribution in [-0.4, -0.2) is 22.5 Å². The summed E-state index contributed by atoms with van der Waals surface area (Å²) in [5.74, 6) is -1.62. The molecule has 0 amide bonds. The van der Waals surface area contributed by atoms with Crippen molar-refractivity contribution in [3.63, 3.8) is 0 Å². The zero-order valence-electron chi connectivity index (χ0n) is 14.2. The fourth-order valence-electron chi connectivity index (χ4n) is 2.11. The highest BCUT2D eigenvalue weighted by atomic mass is 35.5. The Bertz CT molecular complexity index is 832. The Morgan fingerprint density at radius 1 is 1.04 bits per heavy atom. The molecule has 0 saturated carbocycles. The zero-order chi connectivity index (χ0) is 18.6. The molecule has 25 heavy (non-hydrogen) atoms. The van der Waals surface area contributed by atoms with Crippen molar-refractivity contribution in [3.8, 4) is 5.75 Å². The number of aromatic hydroxyl groups is 1. The lowest BCUT2D eigenvalue weighted by atomic mass is 10.00. The summed E-state index contributed by atoms with van der Waals surface area (Å²) in [5, 5.41) is 10.3. The monoisotopic (exact) mass is 358 g/mol. The quantitative estimate of drug-likeness (QED) is 0.284. The van der Waals surface area contributed by atoms with E-state index in [1.165, 1.54) is 18.2 Å². The molecular formula is C20H19ClO4. The third-order valence-corrected chi connectivity index (χ3v) is 3.56. The predicted molar refractivity (Wildman–Crippen MR) is 97.7 cm³/mol. The zero-order valence-corrected chi connectivity index (χ0v) is 15.0. The number of Topliss-reactive ketones (excluding diaryl/α,β-unsaturated/α-hetero) is 1. The summed E-state index contributed by atoms with van der Waals surface area (Å²) < 4.78 is 5.34. The summed E-state index contributed by atoms with van der Waals surface area (Å²) in [7, 11) is 0. The molecule has 0 aromatic heterocycles. The first kappa shape index (κ1) is 18.7. The molecule has 5 heteroatoms. The van der Waals surface area contributed by atoms with Crippen molar-refractivity contribution in [2.45, 2.75) is 26.4 Å². The molecule has 4 nitrogen and oxygen atoms in total. The summed E-state index contributed by atoms with van der Waals surface area (Å²) in [4.78, 5) is 25.4. The summed E-state index contributed by atoms with van der Waals surface area (Å²) >= 11 is 6.13. The maximum Gasteiger partial charge on any atom is 0.342 e. The van der Waals surface area contributed by atoms with Crippen molar-refractivity contribution >= 4 is 29.4 Å². The fourth-order valence-corrected chi connectivity index (χ4v) is 2.30. The van der Waals surface area contributed by atoms with Gasteiger partial charge in [-0.25, -0.2) is 4.79 Å².